The monoisotopic (exact) mass is 194 g/mol. The lowest BCUT2D eigenvalue weighted by molar-refractivity contribution is -0.121. The van der Waals surface area contributed by atoms with E-state index in [0.717, 1.165) is 12.4 Å². The highest BCUT2D eigenvalue weighted by atomic mass is 16.1. The Hall–Kier alpha value is -1.23. The van der Waals surface area contributed by atoms with E-state index in [2.05, 4.69) is 15.4 Å². The molecule has 14 heavy (non-hydrogen) atoms. The average molecular weight is 194 g/mol. The predicted octanol–water partition coefficient (Wildman–Crippen LogP) is -0.230. The van der Waals surface area contributed by atoms with Crippen molar-refractivity contribution in [1.82, 2.24) is 20.1 Å². The topological polar surface area (TPSA) is 59.8 Å². The number of aromatic nitrogens is 3. The molecule has 0 saturated carbocycles. The van der Waals surface area contributed by atoms with Gasteiger partial charge in [0, 0.05) is 26.6 Å². The summed E-state index contributed by atoms with van der Waals surface area (Å²) in [4.78, 5) is 15.9. The molecule has 1 aliphatic rings. The van der Waals surface area contributed by atoms with Gasteiger partial charge in [-0.3, -0.25) is 9.48 Å². The zero-order valence-corrected chi connectivity index (χ0v) is 8.45. The number of Topliss-reactive ketones (excluding diaryl/α,β-unsaturated/α-hetero) is 1. The fourth-order valence-electron chi connectivity index (χ4n) is 1.62. The van der Waals surface area contributed by atoms with E-state index in [0.29, 0.717) is 18.8 Å². The van der Waals surface area contributed by atoms with Crippen LogP contribution in [-0.4, -0.2) is 33.6 Å². The Morgan fingerprint density at radius 3 is 2.93 bits per heavy atom. The minimum atomic E-state index is -0.149. The number of nitrogens with zero attached hydrogens (tertiary/aromatic N) is 3. The molecule has 2 heterocycles. The lowest BCUT2D eigenvalue weighted by atomic mass is 9.97. The molecule has 5 nitrogen and oxygen atoms in total. The zero-order valence-electron chi connectivity index (χ0n) is 8.45. The number of piperidine rings is 1. The molecule has 5 heteroatoms. The van der Waals surface area contributed by atoms with Crippen LogP contribution in [0.25, 0.3) is 0 Å². The van der Waals surface area contributed by atoms with Crippen molar-refractivity contribution < 1.29 is 4.79 Å². The van der Waals surface area contributed by atoms with Crippen molar-refractivity contribution in [3.05, 3.63) is 11.6 Å². The van der Waals surface area contributed by atoms with Crippen molar-refractivity contribution in [2.24, 2.45) is 7.05 Å². The summed E-state index contributed by atoms with van der Waals surface area (Å²) in [5.41, 5.74) is 0. The highest BCUT2D eigenvalue weighted by Crippen LogP contribution is 2.16. The number of ketones is 1. The first-order valence-corrected chi connectivity index (χ1v) is 4.79. The lowest BCUT2D eigenvalue weighted by Gasteiger charge is -2.18. The van der Waals surface area contributed by atoms with Gasteiger partial charge in [0.25, 0.3) is 0 Å². The molecule has 0 bridgehead atoms. The Kier molecular flexibility index (Phi) is 2.33. The molecule has 0 spiro atoms. The van der Waals surface area contributed by atoms with Gasteiger partial charge in [-0.15, -0.1) is 0 Å². The Morgan fingerprint density at radius 1 is 1.57 bits per heavy atom. The first kappa shape index (κ1) is 9.33. The van der Waals surface area contributed by atoms with Gasteiger partial charge in [-0.05, 0) is 6.92 Å². The first-order valence-electron chi connectivity index (χ1n) is 4.79. The van der Waals surface area contributed by atoms with Crippen LogP contribution in [0.2, 0.25) is 0 Å². The van der Waals surface area contributed by atoms with Gasteiger partial charge in [-0.25, -0.2) is 4.98 Å². The summed E-state index contributed by atoms with van der Waals surface area (Å²) in [6.07, 6.45) is 0.585. The molecule has 2 rings (SSSR count). The minimum Gasteiger partial charge on any atom is -0.315 e. The Morgan fingerprint density at radius 2 is 2.36 bits per heavy atom. The number of hydrogen-bond acceptors (Lipinski definition) is 4. The fourth-order valence-corrected chi connectivity index (χ4v) is 1.62. The van der Waals surface area contributed by atoms with Crippen LogP contribution in [0, 0.1) is 6.92 Å². The van der Waals surface area contributed by atoms with Gasteiger partial charge in [-0.1, -0.05) is 0 Å². The normalized spacial score (nSPS) is 22.7. The highest BCUT2D eigenvalue weighted by Gasteiger charge is 2.27. The first-order chi connectivity index (χ1) is 6.68. The van der Waals surface area contributed by atoms with Crippen LogP contribution in [0.15, 0.2) is 0 Å². The maximum Gasteiger partial charge on any atom is 0.162 e. The Labute approximate surface area is 82.5 Å². The van der Waals surface area contributed by atoms with Gasteiger partial charge in [0.2, 0.25) is 0 Å². The average Bonchev–Trinajstić information content (AvgIpc) is 2.48. The number of nitrogens with one attached hydrogen (secondary N) is 1. The number of hydrogen-bond donors (Lipinski definition) is 1. The van der Waals surface area contributed by atoms with Gasteiger partial charge < -0.3 is 5.32 Å². The second kappa shape index (κ2) is 3.49. The quantitative estimate of drug-likeness (QED) is 0.671. The smallest absolute Gasteiger partial charge is 0.162 e. The summed E-state index contributed by atoms with van der Waals surface area (Å²) in [7, 11) is 1.84. The van der Waals surface area contributed by atoms with E-state index in [4.69, 9.17) is 0 Å². The summed E-state index contributed by atoms with van der Waals surface area (Å²) >= 11 is 0. The number of rotatable bonds is 1. The van der Waals surface area contributed by atoms with E-state index in [1.54, 1.807) is 4.68 Å². The van der Waals surface area contributed by atoms with Crippen LogP contribution < -0.4 is 5.32 Å². The fraction of sp³-hybridized carbons (Fsp3) is 0.667. The predicted molar refractivity (Wildman–Crippen MR) is 51.0 cm³/mol. The van der Waals surface area contributed by atoms with Crippen LogP contribution >= 0.6 is 0 Å². The molecule has 0 aliphatic carbocycles. The minimum absolute atomic E-state index is 0.149. The molecule has 1 N–H and O–H groups in total. The van der Waals surface area contributed by atoms with Crippen LogP contribution in [0.5, 0.6) is 0 Å². The second-order valence-electron chi connectivity index (χ2n) is 3.61. The van der Waals surface area contributed by atoms with Crippen molar-refractivity contribution in [3.8, 4) is 0 Å². The van der Waals surface area contributed by atoms with Crippen LogP contribution in [0.1, 0.15) is 24.0 Å². The second-order valence-corrected chi connectivity index (χ2v) is 3.61. The molecular formula is C9H14N4O. The van der Waals surface area contributed by atoms with Crippen LogP contribution in [0.3, 0.4) is 0 Å². The molecule has 0 amide bonds. The van der Waals surface area contributed by atoms with Crippen LogP contribution in [-0.2, 0) is 11.8 Å². The molecule has 0 radical (unpaired) electrons. The van der Waals surface area contributed by atoms with E-state index >= 15 is 0 Å². The molecule has 76 valence electrons. The van der Waals surface area contributed by atoms with Gasteiger partial charge in [-0.2, -0.15) is 5.10 Å². The molecule has 1 saturated heterocycles. The third-order valence-electron chi connectivity index (χ3n) is 2.59. The Bertz CT molecular complexity index is 338. The van der Waals surface area contributed by atoms with Gasteiger partial charge >= 0.3 is 0 Å². The van der Waals surface area contributed by atoms with E-state index in [1.807, 2.05) is 14.0 Å². The number of carbonyl (C=O) groups excluding carboxylic acids is 1. The van der Waals surface area contributed by atoms with Crippen molar-refractivity contribution >= 4 is 5.78 Å². The van der Waals surface area contributed by atoms with Crippen molar-refractivity contribution in [2.45, 2.75) is 19.3 Å². The summed E-state index contributed by atoms with van der Waals surface area (Å²) in [5.74, 6) is 1.60. The molecule has 1 unspecified atom stereocenters. The summed E-state index contributed by atoms with van der Waals surface area (Å²) < 4.78 is 1.71. The molecule has 1 aromatic heterocycles. The third-order valence-corrected chi connectivity index (χ3v) is 2.59. The zero-order chi connectivity index (χ0) is 10.1. The largest absolute Gasteiger partial charge is 0.315 e. The van der Waals surface area contributed by atoms with Crippen LogP contribution in [0.4, 0.5) is 0 Å². The van der Waals surface area contributed by atoms with E-state index in [-0.39, 0.29) is 11.7 Å². The maximum absolute atomic E-state index is 11.6. The lowest BCUT2D eigenvalue weighted by Crippen LogP contribution is -2.35. The van der Waals surface area contributed by atoms with Gasteiger partial charge in [0.1, 0.15) is 11.6 Å². The van der Waals surface area contributed by atoms with E-state index < -0.39 is 0 Å². The SMILES string of the molecule is Cc1nc(C2CNCCC2=O)nn1C. The van der Waals surface area contributed by atoms with Crippen molar-refractivity contribution in [3.63, 3.8) is 0 Å². The number of aryl methyl sites for hydroxylation is 2. The van der Waals surface area contributed by atoms with Gasteiger partial charge in [0.15, 0.2) is 5.82 Å². The van der Waals surface area contributed by atoms with E-state index in [9.17, 15) is 4.79 Å². The third kappa shape index (κ3) is 1.55. The summed E-state index contributed by atoms with van der Waals surface area (Å²) in [6, 6.07) is 0. The maximum atomic E-state index is 11.6. The summed E-state index contributed by atoms with van der Waals surface area (Å²) in [5, 5.41) is 7.41. The van der Waals surface area contributed by atoms with Crippen molar-refractivity contribution in [2.75, 3.05) is 13.1 Å². The molecular weight excluding hydrogens is 180 g/mol. The van der Waals surface area contributed by atoms with Gasteiger partial charge in [0.05, 0.1) is 5.92 Å². The Balaban J connectivity index is 2.24. The highest BCUT2D eigenvalue weighted by molar-refractivity contribution is 5.86. The molecule has 1 fully saturated rings. The van der Waals surface area contributed by atoms with E-state index in [1.165, 1.54) is 0 Å². The molecule has 1 aliphatic heterocycles. The molecule has 1 aromatic rings. The number of carbonyl (C=O) groups is 1. The molecule has 0 aromatic carbocycles. The standard InChI is InChI=1S/C9H14N4O/c1-6-11-9(12-13(6)2)7-5-10-4-3-8(7)14/h7,10H,3-5H2,1-2H3. The molecule has 1 atom stereocenters. The van der Waals surface area contributed by atoms with Crippen molar-refractivity contribution in [1.29, 1.82) is 0 Å². The summed E-state index contributed by atoms with van der Waals surface area (Å²) in [6.45, 7) is 3.33.